The van der Waals surface area contributed by atoms with E-state index in [1.54, 1.807) is 0 Å². The molecular weight excluding hydrogens is 254 g/mol. The van der Waals surface area contributed by atoms with Gasteiger partial charge in [-0.05, 0) is 19.8 Å². The van der Waals surface area contributed by atoms with E-state index < -0.39 is 0 Å². The molecule has 1 saturated carbocycles. The molecule has 0 radical (unpaired) electrons. The first kappa shape index (κ1) is 12.7. The summed E-state index contributed by atoms with van der Waals surface area (Å²) in [6, 6.07) is 0.443. The highest BCUT2D eigenvalue weighted by molar-refractivity contribution is 5.13. The molecule has 0 aromatic carbocycles. The Hall–Kier alpha value is -0.980. The maximum absolute atomic E-state index is 6.25. The van der Waals surface area contributed by atoms with E-state index in [0.717, 1.165) is 50.6 Å². The van der Waals surface area contributed by atoms with E-state index >= 15 is 0 Å². The lowest BCUT2D eigenvalue weighted by molar-refractivity contribution is 0.00781. The molecule has 1 aliphatic carbocycles. The van der Waals surface area contributed by atoms with Crippen molar-refractivity contribution in [2.75, 3.05) is 32.7 Å². The van der Waals surface area contributed by atoms with Gasteiger partial charge >= 0.3 is 0 Å². The summed E-state index contributed by atoms with van der Waals surface area (Å²) in [4.78, 5) is 9.70. The highest BCUT2D eigenvalue weighted by Crippen LogP contribution is 2.39. The molecule has 3 aliphatic heterocycles. The molecule has 1 aromatic rings. The zero-order valence-electron chi connectivity index (χ0n) is 12.1. The van der Waals surface area contributed by atoms with Crippen LogP contribution in [0.25, 0.3) is 0 Å². The molecule has 3 saturated heterocycles. The van der Waals surface area contributed by atoms with Crippen LogP contribution in [0.1, 0.15) is 43.9 Å². The summed E-state index contributed by atoms with van der Waals surface area (Å²) in [5.41, 5.74) is 6.12. The van der Waals surface area contributed by atoms with Gasteiger partial charge < -0.3 is 10.3 Å². The van der Waals surface area contributed by atoms with E-state index in [-0.39, 0.29) is 11.5 Å². The average Bonchev–Trinajstić information content (AvgIpc) is 3.09. The van der Waals surface area contributed by atoms with Crippen LogP contribution in [-0.4, -0.2) is 58.7 Å². The van der Waals surface area contributed by atoms with Gasteiger partial charge in [0, 0.05) is 38.8 Å². The van der Waals surface area contributed by atoms with Crippen LogP contribution in [0.3, 0.4) is 0 Å². The van der Waals surface area contributed by atoms with Crippen LogP contribution in [0.4, 0.5) is 0 Å². The van der Waals surface area contributed by atoms with Crippen molar-refractivity contribution in [3.8, 4) is 0 Å². The van der Waals surface area contributed by atoms with Crippen molar-refractivity contribution in [1.82, 2.24) is 19.9 Å². The largest absolute Gasteiger partial charge is 0.339 e. The van der Waals surface area contributed by atoms with Gasteiger partial charge in [-0.1, -0.05) is 11.6 Å². The molecule has 4 fully saturated rings. The Morgan fingerprint density at radius 3 is 2.70 bits per heavy atom. The number of hydrogen-bond acceptors (Lipinski definition) is 6. The SMILES string of the molecule is CC1(c2nc(C3CN4CCN3CC4)no2)CCCC1N. The molecule has 0 amide bonds. The smallest absolute Gasteiger partial charge is 0.234 e. The molecule has 4 heterocycles. The van der Waals surface area contributed by atoms with Crippen LogP contribution in [0, 0.1) is 0 Å². The maximum Gasteiger partial charge on any atom is 0.234 e. The number of nitrogens with two attached hydrogens (primary N) is 1. The van der Waals surface area contributed by atoms with Gasteiger partial charge in [0.2, 0.25) is 5.89 Å². The molecule has 3 unspecified atom stereocenters. The van der Waals surface area contributed by atoms with Crippen molar-refractivity contribution >= 4 is 0 Å². The van der Waals surface area contributed by atoms with E-state index in [9.17, 15) is 0 Å². The minimum Gasteiger partial charge on any atom is -0.339 e. The molecule has 1 aromatic heterocycles. The van der Waals surface area contributed by atoms with Crippen molar-refractivity contribution in [2.45, 2.75) is 43.7 Å². The van der Waals surface area contributed by atoms with Crippen LogP contribution in [0.5, 0.6) is 0 Å². The third-order valence-electron chi connectivity index (χ3n) is 5.54. The van der Waals surface area contributed by atoms with Gasteiger partial charge in [0.05, 0.1) is 11.5 Å². The van der Waals surface area contributed by atoms with Crippen molar-refractivity contribution in [3.05, 3.63) is 11.7 Å². The minimum atomic E-state index is -0.130. The first-order chi connectivity index (χ1) is 9.67. The summed E-state index contributed by atoms with van der Waals surface area (Å²) in [6.45, 7) is 7.77. The molecule has 2 N–H and O–H groups in total. The predicted molar refractivity (Wildman–Crippen MR) is 74.2 cm³/mol. The maximum atomic E-state index is 6.25. The lowest BCUT2D eigenvalue weighted by atomic mass is 9.85. The van der Waals surface area contributed by atoms with Crippen molar-refractivity contribution in [3.63, 3.8) is 0 Å². The first-order valence-electron chi connectivity index (χ1n) is 7.73. The van der Waals surface area contributed by atoms with E-state index in [1.807, 2.05) is 0 Å². The Bertz CT molecular complexity index is 496. The normalized spacial score (nSPS) is 44.1. The fraction of sp³-hybridized carbons (Fsp3) is 0.857. The van der Waals surface area contributed by atoms with Gasteiger partial charge in [-0.25, -0.2) is 0 Å². The quantitative estimate of drug-likeness (QED) is 0.849. The Kier molecular flexibility index (Phi) is 2.87. The number of fused-ring (bicyclic) bond motifs is 3. The zero-order valence-corrected chi connectivity index (χ0v) is 12.1. The second-order valence-electron chi connectivity index (χ2n) is 6.73. The Morgan fingerprint density at radius 1 is 1.30 bits per heavy atom. The summed E-state index contributed by atoms with van der Waals surface area (Å²) in [5.74, 6) is 1.60. The Morgan fingerprint density at radius 2 is 2.10 bits per heavy atom. The van der Waals surface area contributed by atoms with Crippen LogP contribution in [-0.2, 0) is 5.41 Å². The predicted octanol–water partition coefficient (Wildman–Crippen LogP) is 0.511. The summed E-state index contributed by atoms with van der Waals surface area (Å²) >= 11 is 0. The van der Waals surface area contributed by atoms with E-state index in [0.29, 0.717) is 6.04 Å². The highest BCUT2D eigenvalue weighted by atomic mass is 16.5. The second kappa shape index (κ2) is 4.51. The van der Waals surface area contributed by atoms with E-state index in [1.165, 1.54) is 13.1 Å². The summed E-state index contributed by atoms with van der Waals surface area (Å²) in [5, 5.41) is 4.27. The molecule has 110 valence electrons. The minimum absolute atomic E-state index is 0.130. The Labute approximate surface area is 119 Å². The average molecular weight is 277 g/mol. The molecule has 20 heavy (non-hydrogen) atoms. The van der Waals surface area contributed by atoms with Gasteiger partial charge in [0.1, 0.15) is 0 Å². The lowest BCUT2D eigenvalue weighted by Crippen LogP contribution is -2.57. The van der Waals surface area contributed by atoms with Gasteiger partial charge in [0.25, 0.3) is 0 Å². The Balaban J connectivity index is 1.59. The molecule has 6 heteroatoms. The zero-order chi connectivity index (χ0) is 13.7. The van der Waals surface area contributed by atoms with Crippen molar-refractivity contribution < 1.29 is 4.52 Å². The fourth-order valence-corrected chi connectivity index (χ4v) is 3.92. The first-order valence-corrected chi connectivity index (χ1v) is 7.73. The van der Waals surface area contributed by atoms with Gasteiger partial charge in [-0.3, -0.25) is 9.80 Å². The topological polar surface area (TPSA) is 71.4 Å². The number of aromatic nitrogens is 2. The van der Waals surface area contributed by atoms with Gasteiger partial charge in [0.15, 0.2) is 5.82 Å². The molecule has 3 atom stereocenters. The summed E-state index contributed by atoms with van der Waals surface area (Å²) in [6.07, 6.45) is 3.26. The monoisotopic (exact) mass is 277 g/mol. The van der Waals surface area contributed by atoms with Crippen LogP contribution < -0.4 is 5.73 Å². The molecule has 4 aliphatic rings. The molecule has 5 rings (SSSR count). The van der Waals surface area contributed by atoms with Crippen molar-refractivity contribution in [1.29, 1.82) is 0 Å². The number of nitrogens with zero attached hydrogens (tertiary/aromatic N) is 4. The third-order valence-corrected chi connectivity index (χ3v) is 5.54. The van der Waals surface area contributed by atoms with Crippen LogP contribution >= 0.6 is 0 Å². The highest BCUT2D eigenvalue weighted by Gasteiger charge is 2.44. The second-order valence-corrected chi connectivity index (χ2v) is 6.73. The molecule has 2 bridgehead atoms. The molecule has 6 nitrogen and oxygen atoms in total. The van der Waals surface area contributed by atoms with E-state index in [4.69, 9.17) is 15.2 Å². The molecular formula is C14H23N5O. The summed E-state index contributed by atoms with van der Waals surface area (Å²) < 4.78 is 5.60. The molecule has 0 spiro atoms. The number of piperazine rings is 3. The number of rotatable bonds is 2. The van der Waals surface area contributed by atoms with Crippen LogP contribution in [0.15, 0.2) is 4.52 Å². The standard InChI is InChI=1S/C14H23N5O/c1-14(4-2-3-11(14)15)13-16-12(17-20-13)10-9-18-5-7-19(10)8-6-18/h10-11H,2-9,15H2,1H3. The number of hydrogen-bond donors (Lipinski definition) is 1. The van der Waals surface area contributed by atoms with Crippen molar-refractivity contribution in [2.24, 2.45) is 5.73 Å². The van der Waals surface area contributed by atoms with Crippen LogP contribution in [0.2, 0.25) is 0 Å². The van der Waals surface area contributed by atoms with Gasteiger partial charge in [-0.15, -0.1) is 0 Å². The van der Waals surface area contributed by atoms with Gasteiger partial charge in [-0.2, -0.15) is 4.98 Å². The lowest BCUT2D eigenvalue weighted by Gasteiger charge is -2.46. The fourth-order valence-electron chi connectivity index (χ4n) is 3.92. The third kappa shape index (κ3) is 1.82. The van der Waals surface area contributed by atoms with E-state index in [2.05, 4.69) is 21.9 Å². The summed E-state index contributed by atoms with van der Waals surface area (Å²) in [7, 11) is 0.